The molecule has 0 spiro atoms. The first-order chi connectivity index (χ1) is 38.1. The first-order valence-corrected chi connectivity index (χ1v) is 27.8. The highest BCUT2D eigenvalue weighted by atomic mass is 32.1. The summed E-state index contributed by atoms with van der Waals surface area (Å²) in [6.07, 6.45) is 9.08. The molecule has 0 radical (unpaired) electrons. The molecule has 1 fully saturated rings. The van der Waals surface area contributed by atoms with Gasteiger partial charge in [0.15, 0.2) is 5.96 Å². The van der Waals surface area contributed by atoms with Crippen molar-refractivity contribution in [2.75, 3.05) is 25.4 Å². The van der Waals surface area contributed by atoms with E-state index in [9.17, 15) is 47.9 Å². The number of primary amides is 2. The van der Waals surface area contributed by atoms with Crippen LogP contribution in [-0.2, 0) is 60.8 Å². The molecule has 24 nitrogen and oxygen atoms in total. The Morgan fingerprint density at radius 1 is 0.738 bits per heavy atom. The Kier molecular flexibility index (Phi) is 24.2. The highest BCUT2D eigenvalue weighted by Gasteiger charge is 2.39. The Hall–Kier alpha value is -7.61. The van der Waals surface area contributed by atoms with Gasteiger partial charge >= 0.3 is 0 Å². The number of para-hydroxylation sites is 1. The molecule has 10 amide bonds. The molecule has 1 saturated carbocycles. The van der Waals surface area contributed by atoms with E-state index in [-0.39, 0.29) is 62.8 Å². The highest BCUT2D eigenvalue weighted by molar-refractivity contribution is 7.81. The fourth-order valence-corrected chi connectivity index (χ4v) is 10.3. The number of aliphatic imine (C=N–C) groups is 1. The molecule has 5 rings (SSSR count). The Bertz CT molecular complexity index is 2750. The van der Waals surface area contributed by atoms with E-state index in [0.717, 1.165) is 53.5 Å². The number of aromatic amines is 1. The number of benzene rings is 2. The quantitative estimate of drug-likeness (QED) is 0.0128. The van der Waals surface area contributed by atoms with Crippen molar-refractivity contribution in [1.82, 2.24) is 47.1 Å². The fraction of sp³-hybridized carbons (Fsp3) is 0.500. The van der Waals surface area contributed by atoms with E-state index >= 15 is 0 Å². The van der Waals surface area contributed by atoms with Gasteiger partial charge in [0.2, 0.25) is 59.1 Å². The number of amides is 10. The maximum Gasteiger partial charge on any atom is 0.247 e. The zero-order chi connectivity index (χ0) is 58.5. The average molecular weight is 1150 g/mol. The zero-order valence-corrected chi connectivity index (χ0v) is 46.8. The van der Waals surface area contributed by atoms with Crippen molar-refractivity contribution in [2.24, 2.45) is 33.8 Å². The first-order valence-electron chi connectivity index (χ1n) is 26.7. The molecule has 2 heterocycles. The van der Waals surface area contributed by atoms with Crippen molar-refractivity contribution in [2.45, 2.75) is 138 Å². The van der Waals surface area contributed by atoms with Crippen molar-refractivity contribution in [3.05, 3.63) is 84.1 Å². The van der Waals surface area contributed by atoms with Crippen LogP contribution in [0.3, 0.4) is 0 Å². The average Bonchev–Trinajstić information content (AvgIpc) is 4.09. The van der Waals surface area contributed by atoms with Crippen molar-refractivity contribution in [1.29, 1.82) is 0 Å². The Morgan fingerprint density at radius 2 is 1.38 bits per heavy atom. The van der Waals surface area contributed by atoms with Gasteiger partial charge in [-0.3, -0.25) is 52.9 Å². The molecule has 3 aromatic rings. The normalized spacial score (nSPS) is 17.2. The number of nitrogens with two attached hydrogens (primary N) is 4. The van der Waals surface area contributed by atoms with Crippen LogP contribution in [0.5, 0.6) is 0 Å². The van der Waals surface area contributed by atoms with Gasteiger partial charge in [-0.1, -0.05) is 100 Å². The van der Waals surface area contributed by atoms with Crippen molar-refractivity contribution in [3.63, 3.8) is 0 Å². The molecule has 0 unspecified atom stereocenters. The topological polar surface area (TPSA) is 390 Å². The largest absolute Gasteiger partial charge is 0.370 e. The number of fused-ring (bicyclic) bond motifs is 1. The molecule has 2 aliphatic rings. The molecule has 1 aromatic heterocycles. The molecule has 434 valence electrons. The minimum absolute atomic E-state index is 0.0261. The van der Waals surface area contributed by atoms with Gasteiger partial charge < -0.3 is 70.0 Å². The third kappa shape index (κ3) is 19.0. The summed E-state index contributed by atoms with van der Waals surface area (Å²) < 4.78 is -0.536. The molecule has 2 aromatic carbocycles. The SMILES string of the molecule is CC[C@H](C)[C@H](NC(=O)[C@H](Cc1ccccc1)NC(=O)[C@H](Cc1c[nH]c2ccccc12)NC(=O)CC1(S)CCCCC1)C(=O)N[C@@H](CC(N)=O)C(=O)N[C@@H](CS)C(=O)N1CC=C[C@H]1C(=O)N[C@@H](CCCN=C(N)N)C(=O)NCC(N)=O. The molecular formula is C54H76N14O10S2. The van der Waals surface area contributed by atoms with Crippen LogP contribution in [0.25, 0.3) is 10.9 Å². The maximum atomic E-state index is 14.6. The van der Waals surface area contributed by atoms with Gasteiger partial charge in [-0.25, -0.2) is 0 Å². The van der Waals surface area contributed by atoms with Gasteiger partial charge in [0.05, 0.1) is 13.0 Å². The number of H-pyrrole nitrogens is 1. The molecule has 8 atom stereocenters. The Labute approximate surface area is 475 Å². The van der Waals surface area contributed by atoms with Gasteiger partial charge in [-0.05, 0) is 48.8 Å². The fourth-order valence-electron chi connectivity index (χ4n) is 9.58. The second-order valence-electron chi connectivity index (χ2n) is 20.3. The third-order valence-corrected chi connectivity index (χ3v) is 15.1. The zero-order valence-electron chi connectivity index (χ0n) is 45.0. The van der Waals surface area contributed by atoms with Crippen molar-refractivity contribution >= 4 is 101 Å². The van der Waals surface area contributed by atoms with Gasteiger partial charge in [-0.15, -0.1) is 0 Å². The minimum atomic E-state index is -1.69. The number of carbonyl (C=O) groups is 10. The van der Waals surface area contributed by atoms with Crippen LogP contribution in [-0.4, -0.2) is 147 Å². The molecule has 26 heteroatoms. The molecule has 80 heavy (non-hydrogen) atoms. The van der Waals surface area contributed by atoms with Crippen LogP contribution in [0.2, 0.25) is 0 Å². The summed E-state index contributed by atoms with van der Waals surface area (Å²) in [6.45, 7) is 2.96. The monoisotopic (exact) mass is 1140 g/mol. The second-order valence-corrected chi connectivity index (χ2v) is 21.6. The van der Waals surface area contributed by atoms with Crippen LogP contribution in [0.4, 0.5) is 0 Å². The number of hydrogen-bond donors (Lipinski definition) is 14. The summed E-state index contributed by atoms with van der Waals surface area (Å²) >= 11 is 9.19. The minimum Gasteiger partial charge on any atom is -0.370 e. The van der Waals surface area contributed by atoms with Crippen LogP contribution < -0.4 is 60.2 Å². The van der Waals surface area contributed by atoms with E-state index in [1.807, 2.05) is 24.3 Å². The first kappa shape index (κ1) is 63.2. The molecule has 16 N–H and O–H groups in total. The third-order valence-electron chi connectivity index (χ3n) is 14.1. The van der Waals surface area contributed by atoms with Gasteiger partial charge in [0.1, 0.15) is 42.3 Å². The van der Waals surface area contributed by atoms with E-state index < -0.39 is 119 Å². The lowest BCUT2D eigenvalue weighted by molar-refractivity contribution is -0.141. The Balaban J connectivity index is 1.33. The number of hydrogen-bond acceptors (Lipinski definition) is 13. The number of guanidine groups is 1. The lowest BCUT2D eigenvalue weighted by Crippen LogP contribution is -2.61. The van der Waals surface area contributed by atoms with Crippen LogP contribution in [0.1, 0.15) is 89.2 Å². The lowest BCUT2D eigenvalue weighted by Gasteiger charge is -2.32. The molecule has 0 bridgehead atoms. The van der Waals surface area contributed by atoms with E-state index in [1.165, 1.54) is 12.2 Å². The van der Waals surface area contributed by atoms with Crippen LogP contribution in [0.15, 0.2) is 77.9 Å². The lowest BCUT2D eigenvalue weighted by atomic mass is 9.85. The number of aromatic nitrogens is 1. The molecule has 1 aliphatic heterocycles. The predicted molar refractivity (Wildman–Crippen MR) is 307 cm³/mol. The van der Waals surface area contributed by atoms with E-state index in [2.05, 4.69) is 59.8 Å². The second kappa shape index (κ2) is 30.7. The number of thiol groups is 2. The Morgan fingerprint density at radius 3 is 2.04 bits per heavy atom. The van der Waals surface area contributed by atoms with Crippen LogP contribution >= 0.6 is 25.3 Å². The van der Waals surface area contributed by atoms with Gasteiger partial charge in [0, 0.05) is 60.0 Å². The summed E-state index contributed by atoms with van der Waals surface area (Å²) in [5.74, 6) is -8.96. The number of carbonyl (C=O) groups excluding carboxylic acids is 10. The van der Waals surface area contributed by atoms with E-state index in [0.29, 0.717) is 12.0 Å². The molecule has 0 saturated heterocycles. The van der Waals surface area contributed by atoms with Crippen molar-refractivity contribution in [3.8, 4) is 0 Å². The van der Waals surface area contributed by atoms with Crippen LogP contribution in [0, 0.1) is 5.92 Å². The van der Waals surface area contributed by atoms with E-state index in [4.69, 9.17) is 35.6 Å². The standard InChI is InChI=1S/C54H76N14O10S2/c1-3-31(2)45(51(77)65-39(26-42(55)69)48(74)66-40(30-79)52(78)68-23-13-19-41(68)50(76)63-36(18-12-22-59-53(57)58)46(72)61-29-43(56)70)67-49(75)37(24-32-14-6-4-7-15-32)64-47(73)38(25-33-28-60-35-17-9-8-16-34(33)35)62-44(71)27-54(80)20-10-5-11-21-54/h4,6-9,13-17,19,28,31,36-41,45,60,79-80H,3,5,10-12,18,20-27,29-30H2,1-2H3,(H2,55,69)(H2,56,70)(H,61,72)(H,62,71)(H,63,76)(H,64,73)(H,65,77)(H,66,74)(H,67,75)(H4,57,58,59)/t31-,36-,37-,38-,39-,40-,41-,45-/m0/s1. The summed E-state index contributed by atoms with van der Waals surface area (Å²) in [7, 11) is 0. The maximum absolute atomic E-state index is 14.6. The molecular weight excluding hydrogens is 1070 g/mol. The van der Waals surface area contributed by atoms with Gasteiger partial charge in [0.25, 0.3) is 0 Å². The van der Waals surface area contributed by atoms with E-state index in [1.54, 1.807) is 50.4 Å². The number of nitrogens with one attached hydrogen (secondary N) is 8. The highest BCUT2D eigenvalue weighted by Crippen LogP contribution is 2.36. The summed E-state index contributed by atoms with van der Waals surface area (Å²) in [6, 6.07) is 6.96. The number of nitrogens with zero attached hydrogens (tertiary/aromatic N) is 2. The summed E-state index contributed by atoms with van der Waals surface area (Å²) in [4.78, 5) is 144. The summed E-state index contributed by atoms with van der Waals surface area (Å²) in [5, 5.41) is 19.4. The predicted octanol–water partition coefficient (Wildman–Crippen LogP) is -0.842. The molecule has 1 aliphatic carbocycles. The smallest absolute Gasteiger partial charge is 0.247 e. The van der Waals surface area contributed by atoms with Gasteiger partial charge in [-0.2, -0.15) is 25.3 Å². The number of rotatable bonds is 30. The summed E-state index contributed by atoms with van der Waals surface area (Å²) in [5.41, 5.74) is 23.8. The van der Waals surface area contributed by atoms with Crippen molar-refractivity contribution < 1.29 is 47.9 Å².